The van der Waals surface area contributed by atoms with Crippen molar-refractivity contribution in [1.29, 1.82) is 5.26 Å². The molecule has 162 valence electrons. The first-order valence-corrected chi connectivity index (χ1v) is 9.69. The van der Waals surface area contributed by atoms with E-state index in [9.17, 15) is 19.6 Å². The number of ketones is 1. The molecule has 0 spiro atoms. The summed E-state index contributed by atoms with van der Waals surface area (Å²) in [6.07, 6.45) is -2.07. The van der Waals surface area contributed by atoms with Gasteiger partial charge < -0.3 is 9.47 Å². The number of nitrogens with zero attached hydrogens (tertiary/aromatic N) is 2. The number of nitriles is 1. The summed E-state index contributed by atoms with van der Waals surface area (Å²) in [6, 6.07) is 5.48. The second kappa shape index (κ2) is 7.63. The number of rotatable bonds is 1. The summed E-state index contributed by atoms with van der Waals surface area (Å²) in [5.74, 6) is -0.579. The van der Waals surface area contributed by atoms with E-state index in [2.05, 4.69) is 5.43 Å². The number of Topliss-reactive ketones (excluding diaryl/α,β-unsaturated/α-hetero) is 1. The first kappa shape index (κ1) is 23.2. The lowest BCUT2D eigenvalue weighted by Gasteiger charge is -2.35. The summed E-state index contributed by atoms with van der Waals surface area (Å²) in [6.45, 7) is 13.7. The van der Waals surface area contributed by atoms with Gasteiger partial charge in [-0.1, -0.05) is 6.07 Å². The second-order valence-corrected chi connectivity index (χ2v) is 9.50. The summed E-state index contributed by atoms with van der Waals surface area (Å²) in [4.78, 5) is 38.7. The number of hydrogen-bond acceptors (Lipinski definition) is 6. The highest BCUT2D eigenvalue weighted by Gasteiger charge is 2.55. The van der Waals surface area contributed by atoms with Crippen LogP contribution < -0.4 is 5.43 Å². The van der Waals surface area contributed by atoms with Crippen molar-refractivity contribution in [3.8, 4) is 6.07 Å². The Morgan fingerprint density at radius 3 is 2.10 bits per heavy atom. The maximum Gasteiger partial charge on any atom is 0.431 e. The highest BCUT2D eigenvalue weighted by Crippen LogP contribution is 2.36. The normalized spacial score (nSPS) is 18.3. The van der Waals surface area contributed by atoms with Gasteiger partial charge in [0.1, 0.15) is 17.3 Å². The molecule has 1 unspecified atom stereocenters. The molecule has 1 aliphatic rings. The van der Waals surface area contributed by atoms with Gasteiger partial charge in [-0.2, -0.15) is 10.3 Å². The van der Waals surface area contributed by atoms with Gasteiger partial charge in [0, 0.05) is 12.0 Å². The molecular weight excluding hydrogens is 386 g/mol. The minimum Gasteiger partial charge on any atom is -0.443 e. The summed E-state index contributed by atoms with van der Waals surface area (Å²) in [7, 11) is 0. The van der Waals surface area contributed by atoms with Crippen LogP contribution in [0.25, 0.3) is 0 Å². The number of carbonyl (C=O) groups excluding carboxylic acids is 3. The predicted octanol–water partition coefficient (Wildman–Crippen LogP) is 3.98. The van der Waals surface area contributed by atoms with Crippen LogP contribution in [0, 0.1) is 25.2 Å². The number of nitrogens with one attached hydrogen (secondary N) is 1. The summed E-state index contributed by atoms with van der Waals surface area (Å²) < 4.78 is 10.6. The molecular formula is C22H29N3O5. The fourth-order valence-corrected chi connectivity index (χ4v) is 3.13. The van der Waals surface area contributed by atoms with Gasteiger partial charge in [0.2, 0.25) is 11.3 Å². The van der Waals surface area contributed by atoms with Crippen LogP contribution in [0.3, 0.4) is 0 Å². The molecule has 8 heteroatoms. The van der Waals surface area contributed by atoms with E-state index in [-0.39, 0.29) is 6.42 Å². The molecule has 0 saturated carbocycles. The Hall–Kier alpha value is -3.08. The Morgan fingerprint density at radius 1 is 1.07 bits per heavy atom. The number of amides is 2. The lowest BCUT2D eigenvalue weighted by molar-refractivity contribution is -0.0161. The molecule has 0 bridgehead atoms. The largest absolute Gasteiger partial charge is 0.443 e. The van der Waals surface area contributed by atoms with E-state index in [0.29, 0.717) is 16.1 Å². The van der Waals surface area contributed by atoms with Gasteiger partial charge in [0.25, 0.3) is 0 Å². The van der Waals surface area contributed by atoms with Crippen LogP contribution in [0.1, 0.15) is 68.6 Å². The van der Waals surface area contributed by atoms with Gasteiger partial charge in [-0.15, -0.1) is 0 Å². The summed E-state index contributed by atoms with van der Waals surface area (Å²) >= 11 is 0. The molecule has 0 saturated heterocycles. The van der Waals surface area contributed by atoms with E-state index in [1.165, 1.54) is 0 Å². The quantitative estimate of drug-likeness (QED) is 0.695. The van der Waals surface area contributed by atoms with Crippen LogP contribution in [-0.2, 0) is 15.9 Å². The van der Waals surface area contributed by atoms with Gasteiger partial charge >= 0.3 is 12.2 Å². The van der Waals surface area contributed by atoms with E-state index in [4.69, 9.17) is 9.47 Å². The number of fused-ring (bicyclic) bond motifs is 1. The zero-order valence-corrected chi connectivity index (χ0v) is 18.8. The van der Waals surface area contributed by atoms with Gasteiger partial charge in [-0.05, 0) is 78.1 Å². The lowest BCUT2D eigenvalue weighted by Crippen LogP contribution is -2.63. The highest BCUT2D eigenvalue weighted by atomic mass is 16.6. The molecule has 2 rings (SSSR count). The third-order valence-corrected chi connectivity index (χ3v) is 4.53. The Balaban J connectivity index is 2.52. The Bertz CT molecular complexity index is 934. The van der Waals surface area contributed by atoms with Crippen molar-refractivity contribution >= 4 is 18.0 Å². The van der Waals surface area contributed by atoms with E-state index in [0.717, 1.165) is 11.1 Å². The number of ether oxygens (including phenoxy) is 2. The van der Waals surface area contributed by atoms with E-state index in [1.54, 1.807) is 47.6 Å². The van der Waals surface area contributed by atoms with Crippen LogP contribution >= 0.6 is 0 Å². The van der Waals surface area contributed by atoms with Crippen molar-refractivity contribution in [3.63, 3.8) is 0 Å². The van der Waals surface area contributed by atoms with Crippen LogP contribution in [0.15, 0.2) is 12.1 Å². The molecule has 30 heavy (non-hydrogen) atoms. The molecule has 1 atom stereocenters. The SMILES string of the molecule is Cc1cc2c(cc1C)C(=O)C(C#N)(N(NC(=O)OC(C)(C)C)C(=O)OC(C)(C)C)C2. The van der Waals surface area contributed by atoms with Gasteiger partial charge in [0.05, 0.1) is 0 Å². The topological polar surface area (TPSA) is 109 Å². The number of aryl methyl sites for hydroxylation is 2. The average Bonchev–Trinajstić information content (AvgIpc) is 2.83. The van der Waals surface area contributed by atoms with Crippen molar-refractivity contribution in [3.05, 3.63) is 34.4 Å². The van der Waals surface area contributed by atoms with Gasteiger partial charge in [-0.25, -0.2) is 15.0 Å². The van der Waals surface area contributed by atoms with E-state index in [1.807, 2.05) is 26.0 Å². The lowest BCUT2D eigenvalue weighted by atomic mass is 9.95. The molecule has 8 nitrogen and oxygen atoms in total. The molecule has 1 aromatic carbocycles. The van der Waals surface area contributed by atoms with Crippen LogP contribution in [0.2, 0.25) is 0 Å². The molecule has 0 radical (unpaired) electrons. The summed E-state index contributed by atoms with van der Waals surface area (Å²) in [5, 5.41) is 10.7. The molecule has 0 aliphatic heterocycles. The fraction of sp³-hybridized carbons (Fsp3) is 0.545. The maximum absolute atomic E-state index is 13.3. The van der Waals surface area contributed by atoms with Crippen molar-refractivity contribution in [1.82, 2.24) is 10.4 Å². The number of hydrazine groups is 1. The predicted molar refractivity (Wildman–Crippen MR) is 110 cm³/mol. The molecule has 1 N–H and O–H groups in total. The average molecular weight is 415 g/mol. The minimum atomic E-state index is -1.98. The third-order valence-electron chi connectivity index (χ3n) is 4.53. The summed E-state index contributed by atoms with van der Waals surface area (Å²) in [5.41, 5.74) is 1.36. The van der Waals surface area contributed by atoms with Crippen molar-refractivity contribution in [2.75, 3.05) is 0 Å². The number of carbonyl (C=O) groups is 3. The number of hydrogen-bond donors (Lipinski definition) is 1. The smallest absolute Gasteiger partial charge is 0.431 e. The van der Waals surface area contributed by atoms with E-state index < -0.39 is 34.7 Å². The third kappa shape index (κ3) is 4.73. The maximum atomic E-state index is 13.3. The van der Waals surface area contributed by atoms with Gasteiger partial charge in [-0.3, -0.25) is 4.79 Å². The second-order valence-electron chi connectivity index (χ2n) is 9.50. The first-order valence-electron chi connectivity index (χ1n) is 9.69. The molecule has 2 amide bonds. The monoisotopic (exact) mass is 415 g/mol. The molecule has 0 aromatic heterocycles. The van der Waals surface area contributed by atoms with Crippen molar-refractivity contribution < 1.29 is 23.9 Å². The Labute approximate surface area is 177 Å². The zero-order chi connectivity index (χ0) is 23.1. The van der Waals surface area contributed by atoms with Crippen molar-refractivity contribution in [2.45, 2.75) is 78.6 Å². The fourth-order valence-electron chi connectivity index (χ4n) is 3.13. The van der Waals surface area contributed by atoms with Crippen LogP contribution in [-0.4, -0.2) is 39.7 Å². The first-order chi connectivity index (χ1) is 13.6. The van der Waals surface area contributed by atoms with Gasteiger partial charge in [0.15, 0.2) is 0 Å². The van der Waals surface area contributed by atoms with E-state index >= 15 is 0 Å². The Morgan fingerprint density at radius 2 is 1.60 bits per heavy atom. The molecule has 0 fully saturated rings. The number of benzene rings is 1. The Kier molecular flexibility index (Phi) is 5.90. The minimum absolute atomic E-state index is 0.0756. The molecule has 0 heterocycles. The van der Waals surface area contributed by atoms with Crippen LogP contribution in [0.4, 0.5) is 9.59 Å². The molecule has 1 aromatic rings. The van der Waals surface area contributed by atoms with Crippen LogP contribution in [0.5, 0.6) is 0 Å². The zero-order valence-electron chi connectivity index (χ0n) is 18.8. The van der Waals surface area contributed by atoms with Crippen molar-refractivity contribution in [2.24, 2.45) is 0 Å². The highest BCUT2D eigenvalue weighted by molar-refractivity contribution is 6.11. The standard InChI is InChI=1S/C22H29N3O5/c1-13-9-15-11-22(12-23,17(26)16(15)10-14(13)2)25(19(28)30-21(6,7)8)24-18(27)29-20(3,4)5/h9-10H,11H2,1-8H3,(H,24,27). The molecule has 1 aliphatic carbocycles.